The highest BCUT2D eigenvalue weighted by molar-refractivity contribution is 5.86. The van der Waals surface area contributed by atoms with Crippen LogP contribution >= 0.6 is 0 Å². The predicted octanol–water partition coefficient (Wildman–Crippen LogP) is 2.22. The lowest BCUT2D eigenvalue weighted by Gasteiger charge is -2.24. The van der Waals surface area contributed by atoms with Gasteiger partial charge >= 0.3 is 0 Å². The Morgan fingerprint density at radius 3 is 2.36 bits per heavy atom. The minimum Gasteiger partial charge on any atom is -0.300 e. The van der Waals surface area contributed by atoms with Crippen molar-refractivity contribution in [3.8, 4) is 0 Å². The Kier molecular flexibility index (Phi) is 4.63. The standard InChI is InChI=1S/C11H20N2O/c1-10(6-7-11(2)14)12-13-8-4-3-5-9-13/h3-9H2,1-2H3. The van der Waals surface area contributed by atoms with Crippen molar-refractivity contribution in [3.63, 3.8) is 0 Å². The number of rotatable bonds is 4. The average Bonchev–Trinajstić information content (AvgIpc) is 2.16. The Hall–Kier alpha value is -0.860. The third-order valence-electron chi connectivity index (χ3n) is 2.48. The van der Waals surface area contributed by atoms with Crippen LogP contribution in [0.5, 0.6) is 0 Å². The van der Waals surface area contributed by atoms with Crippen LogP contribution in [0.3, 0.4) is 0 Å². The molecule has 1 saturated heterocycles. The third kappa shape index (κ3) is 4.40. The molecular weight excluding hydrogens is 176 g/mol. The van der Waals surface area contributed by atoms with E-state index in [2.05, 4.69) is 10.1 Å². The van der Waals surface area contributed by atoms with Gasteiger partial charge in [-0.05, 0) is 39.5 Å². The van der Waals surface area contributed by atoms with Crippen molar-refractivity contribution in [3.05, 3.63) is 0 Å². The van der Waals surface area contributed by atoms with E-state index < -0.39 is 0 Å². The molecule has 1 fully saturated rings. The van der Waals surface area contributed by atoms with Gasteiger partial charge in [-0.1, -0.05) is 0 Å². The normalized spacial score (nSPS) is 18.4. The summed E-state index contributed by atoms with van der Waals surface area (Å²) in [6, 6.07) is 0. The van der Waals surface area contributed by atoms with Crippen molar-refractivity contribution in [2.24, 2.45) is 5.10 Å². The Labute approximate surface area is 86.2 Å². The van der Waals surface area contributed by atoms with Crippen LogP contribution in [0.4, 0.5) is 0 Å². The molecule has 0 aliphatic carbocycles. The largest absolute Gasteiger partial charge is 0.300 e. The van der Waals surface area contributed by atoms with Gasteiger partial charge in [-0.2, -0.15) is 5.10 Å². The van der Waals surface area contributed by atoms with E-state index in [1.165, 1.54) is 19.3 Å². The van der Waals surface area contributed by atoms with E-state index >= 15 is 0 Å². The second-order valence-corrected chi connectivity index (χ2v) is 4.05. The lowest BCUT2D eigenvalue weighted by molar-refractivity contribution is -0.116. The molecular formula is C11H20N2O. The summed E-state index contributed by atoms with van der Waals surface area (Å²) in [6.07, 6.45) is 5.28. The Morgan fingerprint density at radius 2 is 1.79 bits per heavy atom. The second kappa shape index (κ2) is 5.78. The molecule has 1 heterocycles. The number of ketones is 1. The van der Waals surface area contributed by atoms with Crippen LogP contribution in [0.25, 0.3) is 0 Å². The maximum absolute atomic E-state index is 10.8. The van der Waals surface area contributed by atoms with Crippen molar-refractivity contribution < 1.29 is 4.79 Å². The zero-order valence-electron chi connectivity index (χ0n) is 9.25. The second-order valence-electron chi connectivity index (χ2n) is 4.05. The van der Waals surface area contributed by atoms with Crippen LogP contribution in [0.2, 0.25) is 0 Å². The molecule has 3 heteroatoms. The fraction of sp³-hybridized carbons (Fsp3) is 0.818. The summed E-state index contributed by atoms with van der Waals surface area (Å²) in [5, 5.41) is 6.64. The van der Waals surface area contributed by atoms with Crippen molar-refractivity contribution in [2.45, 2.75) is 46.0 Å². The third-order valence-corrected chi connectivity index (χ3v) is 2.48. The Bertz CT molecular complexity index is 217. The molecule has 3 nitrogen and oxygen atoms in total. The molecule has 0 spiro atoms. The van der Waals surface area contributed by atoms with Gasteiger partial charge in [-0.3, -0.25) is 5.01 Å². The number of hydrogen-bond donors (Lipinski definition) is 0. The molecule has 0 unspecified atom stereocenters. The molecule has 0 bridgehead atoms. The lowest BCUT2D eigenvalue weighted by atomic mass is 10.1. The smallest absolute Gasteiger partial charge is 0.130 e. The molecule has 1 aliphatic heterocycles. The lowest BCUT2D eigenvalue weighted by Crippen LogP contribution is -2.25. The maximum atomic E-state index is 10.8. The van der Waals surface area contributed by atoms with Gasteiger partial charge in [0.2, 0.25) is 0 Å². The molecule has 0 saturated carbocycles. The summed E-state index contributed by atoms with van der Waals surface area (Å²) < 4.78 is 0. The van der Waals surface area contributed by atoms with Gasteiger partial charge in [0.05, 0.1) is 0 Å². The van der Waals surface area contributed by atoms with Gasteiger partial charge in [-0.25, -0.2) is 0 Å². The fourth-order valence-corrected chi connectivity index (χ4v) is 1.63. The SMILES string of the molecule is CC(=O)CCC(C)=NN1CCCCC1. The first-order chi connectivity index (χ1) is 6.68. The van der Waals surface area contributed by atoms with Crippen LogP contribution < -0.4 is 0 Å². The first-order valence-corrected chi connectivity index (χ1v) is 5.47. The number of hydrazone groups is 1. The first-order valence-electron chi connectivity index (χ1n) is 5.47. The molecule has 1 rings (SSSR count). The number of nitrogens with zero attached hydrogens (tertiary/aromatic N) is 2. The van der Waals surface area contributed by atoms with E-state index in [0.29, 0.717) is 6.42 Å². The monoisotopic (exact) mass is 196 g/mol. The molecule has 0 radical (unpaired) electrons. The number of carbonyl (C=O) groups excluding carboxylic acids is 1. The van der Waals surface area contributed by atoms with E-state index in [1.54, 1.807) is 6.92 Å². The van der Waals surface area contributed by atoms with E-state index in [-0.39, 0.29) is 5.78 Å². The van der Waals surface area contributed by atoms with Crippen molar-refractivity contribution in [2.75, 3.05) is 13.1 Å². The predicted molar refractivity (Wildman–Crippen MR) is 58.4 cm³/mol. The molecule has 0 aromatic carbocycles. The first kappa shape index (κ1) is 11.2. The molecule has 1 aliphatic rings. The zero-order chi connectivity index (χ0) is 10.4. The highest BCUT2D eigenvalue weighted by Gasteiger charge is 2.07. The fourth-order valence-electron chi connectivity index (χ4n) is 1.63. The van der Waals surface area contributed by atoms with Crippen LogP contribution in [0.15, 0.2) is 5.10 Å². The summed E-state index contributed by atoms with van der Waals surface area (Å²) in [5.74, 6) is 0.248. The summed E-state index contributed by atoms with van der Waals surface area (Å²) in [7, 11) is 0. The quantitative estimate of drug-likeness (QED) is 0.646. The minimum absolute atomic E-state index is 0.248. The highest BCUT2D eigenvalue weighted by Crippen LogP contribution is 2.09. The molecule has 0 aromatic rings. The number of carbonyl (C=O) groups is 1. The summed E-state index contributed by atoms with van der Waals surface area (Å²) >= 11 is 0. The van der Waals surface area contributed by atoms with Crippen molar-refractivity contribution in [1.82, 2.24) is 5.01 Å². The molecule has 0 aromatic heterocycles. The molecule has 0 N–H and O–H groups in total. The molecule has 80 valence electrons. The zero-order valence-corrected chi connectivity index (χ0v) is 9.25. The number of hydrogen-bond acceptors (Lipinski definition) is 3. The Balaban J connectivity index is 2.29. The van der Waals surface area contributed by atoms with E-state index in [9.17, 15) is 4.79 Å². The van der Waals surface area contributed by atoms with Crippen LogP contribution in [0, 0.1) is 0 Å². The molecule has 0 atom stereocenters. The van der Waals surface area contributed by atoms with Gasteiger partial charge < -0.3 is 4.79 Å². The topological polar surface area (TPSA) is 32.7 Å². The Morgan fingerprint density at radius 1 is 1.14 bits per heavy atom. The van der Waals surface area contributed by atoms with Crippen molar-refractivity contribution >= 4 is 11.5 Å². The van der Waals surface area contributed by atoms with E-state index in [1.807, 2.05) is 6.92 Å². The van der Waals surface area contributed by atoms with E-state index in [0.717, 1.165) is 25.2 Å². The van der Waals surface area contributed by atoms with Gasteiger partial charge in [0.15, 0.2) is 0 Å². The molecule has 0 amide bonds. The van der Waals surface area contributed by atoms with Gasteiger partial charge in [0.25, 0.3) is 0 Å². The summed E-state index contributed by atoms with van der Waals surface area (Å²) in [5.41, 5.74) is 1.09. The summed E-state index contributed by atoms with van der Waals surface area (Å²) in [6.45, 7) is 5.81. The maximum Gasteiger partial charge on any atom is 0.130 e. The van der Waals surface area contributed by atoms with Crippen LogP contribution in [0.1, 0.15) is 46.0 Å². The van der Waals surface area contributed by atoms with Gasteiger partial charge in [0, 0.05) is 25.2 Å². The van der Waals surface area contributed by atoms with Crippen molar-refractivity contribution in [1.29, 1.82) is 0 Å². The summed E-state index contributed by atoms with van der Waals surface area (Å²) in [4.78, 5) is 10.8. The average molecular weight is 196 g/mol. The van der Waals surface area contributed by atoms with Crippen LogP contribution in [-0.4, -0.2) is 29.6 Å². The van der Waals surface area contributed by atoms with Gasteiger partial charge in [0.1, 0.15) is 5.78 Å². The van der Waals surface area contributed by atoms with E-state index in [4.69, 9.17) is 0 Å². The highest BCUT2D eigenvalue weighted by atomic mass is 16.1. The van der Waals surface area contributed by atoms with Gasteiger partial charge in [-0.15, -0.1) is 0 Å². The minimum atomic E-state index is 0.248. The molecule has 14 heavy (non-hydrogen) atoms. The van der Waals surface area contributed by atoms with Crippen LogP contribution in [-0.2, 0) is 4.79 Å². The number of piperidine rings is 1. The number of Topliss-reactive ketones (excluding diaryl/α,β-unsaturated/α-hetero) is 1.